The Morgan fingerprint density at radius 3 is 1.20 bits per heavy atom. The van der Waals surface area contributed by atoms with Gasteiger partial charge in [0.15, 0.2) is 0 Å². The summed E-state index contributed by atoms with van der Waals surface area (Å²) in [5.74, 6) is 0. The Bertz CT molecular complexity index is 308. The van der Waals surface area contributed by atoms with Crippen LogP contribution >= 0.6 is 0 Å². The van der Waals surface area contributed by atoms with Gasteiger partial charge in [0.1, 0.15) is 0 Å². The number of aryl methyl sites for hydroxylation is 4. The Kier molecular flexibility index (Phi) is 6.55. The minimum Gasteiger partial charge on any atom is -0.211 e. The van der Waals surface area contributed by atoms with Gasteiger partial charge >= 0.3 is 21.7 Å². The molecule has 15 heavy (non-hydrogen) atoms. The second-order valence-corrected chi connectivity index (χ2v) is 3.93. The van der Waals surface area contributed by atoms with Crippen LogP contribution in [0.2, 0.25) is 0 Å². The predicted octanol–water partition coefficient (Wildman–Crippen LogP) is 4.04. The summed E-state index contributed by atoms with van der Waals surface area (Å²) in [6, 6.07) is 12.8. The second kappa shape index (κ2) is 6.82. The minimum atomic E-state index is 0. The van der Waals surface area contributed by atoms with Crippen LogP contribution in [0.3, 0.4) is 0 Å². The van der Waals surface area contributed by atoms with Crippen molar-refractivity contribution in [2.45, 2.75) is 27.7 Å². The monoisotopic (exact) mass is 234 g/mol. The third-order valence-corrected chi connectivity index (χ3v) is 2.13. The van der Waals surface area contributed by atoms with E-state index >= 15 is 0 Å². The van der Waals surface area contributed by atoms with Gasteiger partial charge in [0.05, 0.1) is 0 Å². The fourth-order valence-electron chi connectivity index (χ4n) is 1.44. The number of hydrogen-bond acceptors (Lipinski definition) is 0. The largest absolute Gasteiger partial charge is 2.00 e. The maximum absolute atomic E-state index is 2.17. The molecule has 0 bridgehead atoms. The van der Waals surface area contributed by atoms with Gasteiger partial charge in [0.25, 0.3) is 0 Å². The molecule has 0 aliphatic heterocycles. The summed E-state index contributed by atoms with van der Waals surface area (Å²) in [6.45, 7) is 8.42. The van der Waals surface area contributed by atoms with Gasteiger partial charge in [0, 0.05) is 0 Å². The summed E-state index contributed by atoms with van der Waals surface area (Å²) < 4.78 is 0. The van der Waals surface area contributed by atoms with E-state index in [-0.39, 0.29) is 21.7 Å². The molecule has 0 heterocycles. The molecule has 0 unspecified atom stereocenters. The molecule has 0 amide bonds. The van der Waals surface area contributed by atoms with Gasteiger partial charge in [-0.15, -0.1) is 0 Å². The fourth-order valence-corrected chi connectivity index (χ4v) is 1.44. The molecule has 0 aliphatic rings. The Morgan fingerprint density at radius 2 is 1.13 bits per heavy atom. The van der Waals surface area contributed by atoms with Gasteiger partial charge in [-0.1, -0.05) is 27.7 Å². The van der Waals surface area contributed by atoms with Gasteiger partial charge in [0.2, 0.25) is 0 Å². The summed E-state index contributed by atoms with van der Waals surface area (Å²) in [6.07, 6.45) is 0. The van der Waals surface area contributed by atoms with Crippen molar-refractivity contribution in [3.05, 3.63) is 58.7 Å². The maximum atomic E-state index is 2.17. The van der Waals surface area contributed by atoms with E-state index in [4.69, 9.17) is 0 Å². The smallest absolute Gasteiger partial charge is 0.211 e. The van der Waals surface area contributed by atoms with E-state index < -0.39 is 0 Å². The minimum absolute atomic E-state index is 0. The van der Waals surface area contributed by atoms with Crippen LogP contribution in [0, 0.1) is 27.7 Å². The molecule has 0 aliphatic carbocycles. The van der Waals surface area contributed by atoms with E-state index in [1.54, 1.807) is 0 Å². The molecule has 0 fully saturated rings. The first kappa shape index (κ1) is 14.4. The molecule has 0 saturated heterocycles. The molecule has 0 spiro atoms. The molecule has 1 heteroatoms. The number of rotatable bonds is 0. The molecule has 0 aromatic heterocycles. The van der Waals surface area contributed by atoms with Crippen LogP contribution in [0.25, 0.3) is 0 Å². The number of hydrogen-bond donors (Lipinski definition) is 0. The standard InChI is InChI=1S/2C7H9.Ti/c2*1-6-3-4-7(2)5-6;/h2*3-5H,1-2H3;/q2*-1;+2. The van der Waals surface area contributed by atoms with Crippen molar-refractivity contribution in [2.24, 2.45) is 0 Å². The zero-order chi connectivity index (χ0) is 10.6. The van der Waals surface area contributed by atoms with Crippen LogP contribution in [-0.2, 0) is 21.7 Å². The van der Waals surface area contributed by atoms with Crippen LogP contribution in [0.4, 0.5) is 0 Å². The molecule has 2 aromatic rings. The molecule has 0 N–H and O–H groups in total. The van der Waals surface area contributed by atoms with Crippen molar-refractivity contribution in [3.63, 3.8) is 0 Å². The molecule has 0 nitrogen and oxygen atoms in total. The topological polar surface area (TPSA) is 0 Å². The normalized spacial score (nSPS) is 8.80. The quantitative estimate of drug-likeness (QED) is 0.476. The van der Waals surface area contributed by atoms with E-state index in [0.29, 0.717) is 0 Å². The van der Waals surface area contributed by atoms with Crippen LogP contribution in [0.1, 0.15) is 22.3 Å². The molecular weight excluding hydrogens is 216 g/mol. The summed E-state index contributed by atoms with van der Waals surface area (Å²) in [5.41, 5.74) is 5.44. The van der Waals surface area contributed by atoms with Crippen LogP contribution in [-0.4, -0.2) is 0 Å². The van der Waals surface area contributed by atoms with E-state index in [1.165, 1.54) is 22.3 Å². The van der Waals surface area contributed by atoms with Gasteiger partial charge in [-0.2, -0.15) is 35.4 Å². The maximum Gasteiger partial charge on any atom is 2.00 e. The Balaban J connectivity index is 0.000000245. The van der Waals surface area contributed by atoms with Crippen molar-refractivity contribution in [2.75, 3.05) is 0 Å². The zero-order valence-corrected chi connectivity index (χ0v) is 11.5. The molecule has 2 aromatic carbocycles. The summed E-state index contributed by atoms with van der Waals surface area (Å²) in [5, 5.41) is 0. The Morgan fingerprint density at radius 1 is 0.800 bits per heavy atom. The average molecular weight is 234 g/mol. The van der Waals surface area contributed by atoms with E-state index in [9.17, 15) is 0 Å². The molecular formula is C14H18Ti. The molecule has 2 rings (SSSR count). The van der Waals surface area contributed by atoms with Crippen molar-refractivity contribution in [1.29, 1.82) is 0 Å². The van der Waals surface area contributed by atoms with Crippen molar-refractivity contribution >= 4 is 0 Å². The molecule has 78 valence electrons. The molecule has 0 atom stereocenters. The summed E-state index contributed by atoms with van der Waals surface area (Å²) in [7, 11) is 0. The first-order valence-corrected chi connectivity index (χ1v) is 4.98. The predicted molar refractivity (Wildman–Crippen MR) is 63.0 cm³/mol. The van der Waals surface area contributed by atoms with E-state index in [0.717, 1.165) is 0 Å². The molecule has 0 radical (unpaired) electrons. The Hall–Kier alpha value is -0.586. The van der Waals surface area contributed by atoms with Gasteiger partial charge in [-0.3, -0.25) is 0 Å². The summed E-state index contributed by atoms with van der Waals surface area (Å²) >= 11 is 0. The van der Waals surface area contributed by atoms with Crippen molar-refractivity contribution in [1.82, 2.24) is 0 Å². The van der Waals surface area contributed by atoms with E-state index in [1.807, 2.05) is 0 Å². The van der Waals surface area contributed by atoms with Gasteiger partial charge < -0.3 is 0 Å². The SMILES string of the molecule is Cc1cc[c-](C)c1.Cc1cc[c-](C)c1.[Ti+2]. The Labute approximate surface area is 108 Å². The van der Waals surface area contributed by atoms with Crippen molar-refractivity contribution in [3.8, 4) is 0 Å². The van der Waals surface area contributed by atoms with Crippen LogP contribution in [0.15, 0.2) is 36.4 Å². The summed E-state index contributed by atoms with van der Waals surface area (Å²) in [4.78, 5) is 0. The average Bonchev–Trinajstić information content (AvgIpc) is 2.63. The van der Waals surface area contributed by atoms with Gasteiger partial charge in [-0.05, 0) is 0 Å². The van der Waals surface area contributed by atoms with Gasteiger partial charge in [-0.25, -0.2) is 23.3 Å². The molecule has 0 saturated carbocycles. The second-order valence-electron chi connectivity index (χ2n) is 3.93. The van der Waals surface area contributed by atoms with Crippen molar-refractivity contribution < 1.29 is 21.7 Å². The first-order chi connectivity index (χ1) is 6.58. The fraction of sp³-hybridized carbons (Fsp3) is 0.286. The third kappa shape index (κ3) is 5.76. The van der Waals surface area contributed by atoms with Crippen LogP contribution < -0.4 is 0 Å². The van der Waals surface area contributed by atoms with Crippen LogP contribution in [0.5, 0.6) is 0 Å². The zero-order valence-electron chi connectivity index (χ0n) is 9.96. The first-order valence-electron chi connectivity index (χ1n) is 4.98. The van der Waals surface area contributed by atoms with E-state index in [2.05, 4.69) is 64.1 Å². The third-order valence-electron chi connectivity index (χ3n) is 2.13.